The lowest BCUT2D eigenvalue weighted by Crippen LogP contribution is -3.12. The maximum absolute atomic E-state index is 5.80. The summed E-state index contributed by atoms with van der Waals surface area (Å²) in [7, 11) is 3.43. The van der Waals surface area contributed by atoms with Gasteiger partial charge in [0.15, 0.2) is 6.04 Å². The first-order chi connectivity index (χ1) is 15.3. The fourth-order valence-electron chi connectivity index (χ4n) is 5.25. The van der Waals surface area contributed by atoms with Gasteiger partial charge in [-0.3, -0.25) is 0 Å². The number of ether oxygens (including phenoxy) is 2. The van der Waals surface area contributed by atoms with E-state index in [-0.39, 0.29) is 6.04 Å². The Morgan fingerprint density at radius 1 is 1.03 bits per heavy atom. The van der Waals surface area contributed by atoms with Crippen LogP contribution in [0.5, 0.6) is 11.5 Å². The van der Waals surface area contributed by atoms with E-state index in [9.17, 15) is 0 Å². The van der Waals surface area contributed by atoms with Crippen LogP contribution in [0.2, 0.25) is 0 Å². The van der Waals surface area contributed by atoms with E-state index in [4.69, 9.17) is 9.47 Å². The van der Waals surface area contributed by atoms with Gasteiger partial charge >= 0.3 is 0 Å². The van der Waals surface area contributed by atoms with Crippen molar-refractivity contribution in [1.82, 2.24) is 20.2 Å². The van der Waals surface area contributed by atoms with Crippen LogP contribution < -0.4 is 14.4 Å². The highest BCUT2D eigenvalue weighted by Crippen LogP contribution is 2.35. The van der Waals surface area contributed by atoms with Gasteiger partial charge < -0.3 is 14.4 Å². The fraction of sp³-hybridized carbons (Fsp3) is 0.458. The zero-order valence-corrected chi connectivity index (χ0v) is 18.3. The number of fused-ring (bicyclic) bond motifs is 1. The van der Waals surface area contributed by atoms with Gasteiger partial charge in [0.1, 0.15) is 18.0 Å². The molecule has 31 heavy (non-hydrogen) atoms. The molecule has 3 aromatic rings. The minimum Gasteiger partial charge on any atom is -0.497 e. The second-order valence-corrected chi connectivity index (χ2v) is 8.56. The topological polar surface area (TPSA) is 66.5 Å². The van der Waals surface area contributed by atoms with Crippen LogP contribution in [0.1, 0.15) is 60.3 Å². The Morgan fingerprint density at radius 3 is 2.61 bits per heavy atom. The van der Waals surface area contributed by atoms with Gasteiger partial charge in [-0.05, 0) is 47.0 Å². The van der Waals surface area contributed by atoms with Crippen molar-refractivity contribution in [1.29, 1.82) is 0 Å². The van der Waals surface area contributed by atoms with Gasteiger partial charge in [0.05, 0.1) is 32.4 Å². The molecular formula is C24H30N5O2+. The molecule has 2 aliphatic rings. The predicted octanol–water partition coefficient (Wildman–Crippen LogP) is 2.54. The monoisotopic (exact) mass is 420 g/mol. The molecule has 1 aromatic heterocycles. The van der Waals surface area contributed by atoms with Crippen LogP contribution in [0.25, 0.3) is 0 Å². The number of benzene rings is 2. The lowest BCUT2D eigenvalue weighted by atomic mass is 9.95. The first-order valence-corrected chi connectivity index (χ1v) is 11.2. The van der Waals surface area contributed by atoms with Gasteiger partial charge in [-0.25, -0.2) is 4.68 Å². The quantitative estimate of drug-likeness (QED) is 0.664. The average Bonchev–Trinajstić information content (AvgIpc) is 3.51. The van der Waals surface area contributed by atoms with E-state index in [2.05, 4.69) is 50.5 Å². The van der Waals surface area contributed by atoms with Crippen molar-refractivity contribution < 1.29 is 14.4 Å². The lowest BCUT2D eigenvalue weighted by molar-refractivity contribution is -0.941. The number of nitrogens with one attached hydrogen (secondary N) is 1. The minimum absolute atomic E-state index is 0.0333. The Hall–Kier alpha value is -2.93. The maximum Gasteiger partial charge on any atom is 0.214 e. The van der Waals surface area contributed by atoms with Gasteiger partial charge in [-0.15, -0.1) is 5.10 Å². The lowest BCUT2D eigenvalue weighted by Gasteiger charge is -2.33. The molecule has 2 atom stereocenters. The summed E-state index contributed by atoms with van der Waals surface area (Å²) in [5, 5.41) is 13.2. The Labute approximate surface area is 183 Å². The van der Waals surface area contributed by atoms with Crippen molar-refractivity contribution in [2.45, 2.75) is 50.7 Å². The van der Waals surface area contributed by atoms with Gasteiger partial charge in [-0.2, -0.15) is 0 Å². The summed E-state index contributed by atoms with van der Waals surface area (Å²) in [5.41, 5.74) is 3.92. The van der Waals surface area contributed by atoms with Gasteiger partial charge in [-0.1, -0.05) is 37.1 Å². The zero-order chi connectivity index (χ0) is 21.2. The molecule has 0 spiro atoms. The van der Waals surface area contributed by atoms with Gasteiger partial charge in [0.25, 0.3) is 0 Å². The largest absolute Gasteiger partial charge is 0.497 e. The molecule has 162 valence electrons. The molecule has 7 heteroatoms. The number of nitrogens with zero attached hydrogens (tertiary/aromatic N) is 4. The standard InChI is InChI=1S/C24H29N5O2/c1-30-20-11-12-22(31-2)21(15-20)23(24-25-26-27-29(24)19-9-5-6-10-19)28-14-13-17-7-3-4-8-18(17)16-28/h3-4,7-8,11-12,15,19,23H,5-6,9-10,13-14,16H2,1-2H3/p+1/t23-/m1/s1. The first kappa shape index (κ1) is 20.0. The molecule has 1 fully saturated rings. The van der Waals surface area contributed by atoms with E-state index in [1.807, 2.05) is 12.1 Å². The van der Waals surface area contributed by atoms with E-state index < -0.39 is 0 Å². The summed E-state index contributed by atoms with van der Waals surface area (Å²) in [6.07, 6.45) is 5.79. The highest BCUT2D eigenvalue weighted by atomic mass is 16.5. The molecule has 1 saturated carbocycles. The highest BCUT2D eigenvalue weighted by molar-refractivity contribution is 5.43. The summed E-state index contributed by atoms with van der Waals surface area (Å²) < 4.78 is 13.5. The second kappa shape index (κ2) is 8.67. The third-order valence-electron chi connectivity index (χ3n) is 6.85. The zero-order valence-electron chi connectivity index (χ0n) is 18.3. The first-order valence-electron chi connectivity index (χ1n) is 11.2. The SMILES string of the molecule is COc1ccc(OC)c([C@H](c2nnnn2C2CCCC2)[NH+]2CCc3ccccc3C2)c1. The Kier molecular flexibility index (Phi) is 5.59. The molecule has 1 aliphatic carbocycles. The molecule has 7 nitrogen and oxygen atoms in total. The third kappa shape index (κ3) is 3.78. The summed E-state index contributed by atoms with van der Waals surface area (Å²) in [6, 6.07) is 15.1. The summed E-state index contributed by atoms with van der Waals surface area (Å²) in [5.74, 6) is 2.59. The molecule has 1 unspecified atom stereocenters. The molecule has 1 N–H and O–H groups in total. The van der Waals surface area contributed by atoms with Crippen molar-refractivity contribution in [2.75, 3.05) is 20.8 Å². The number of hydrogen-bond donors (Lipinski definition) is 1. The summed E-state index contributed by atoms with van der Waals surface area (Å²) in [6.45, 7) is 1.94. The van der Waals surface area contributed by atoms with Crippen LogP contribution in [0, 0.1) is 0 Å². The van der Waals surface area contributed by atoms with E-state index in [0.29, 0.717) is 6.04 Å². The number of quaternary nitrogens is 1. The molecule has 1 aliphatic heterocycles. The normalized spacial score (nSPS) is 19.7. The second-order valence-electron chi connectivity index (χ2n) is 8.56. The highest BCUT2D eigenvalue weighted by Gasteiger charge is 2.38. The van der Waals surface area contributed by atoms with Crippen LogP contribution in [0.4, 0.5) is 0 Å². The minimum atomic E-state index is -0.0333. The Morgan fingerprint density at radius 2 is 1.84 bits per heavy atom. The molecule has 2 heterocycles. The molecule has 2 aromatic carbocycles. The number of hydrogen-bond acceptors (Lipinski definition) is 5. The fourth-order valence-corrected chi connectivity index (χ4v) is 5.25. The van der Waals surface area contributed by atoms with Crippen LogP contribution in [0.15, 0.2) is 42.5 Å². The van der Waals surface area contributed by atoms with E-state index in [0.717, 1.165) is 55.2 Å². The molecular weight excluding hydrogens is 390 g/mol. The number of methoxy groups -OCH3 is 2. The summed E-state index contributed by atoms with van der Waals surface area (Å²) >= 11 is 0. The maximum atomic E-state index is 5.80. The molecule has 5 rings (SSSR count). The van der Waals surface area contributed by atoms with E-state index in [1.54, 1.807) is 14.2 Å². The average molecular weight is 421 g/mol. The van der Waals surface area contributed by atoms with Gasteiger partial charge in [0.2, 0.25) is 5.82 Å². The number of rotatable bonds is 6. The van der Waals surface area contributed by atoms with Crippen LogP contribution >= 0.6 is 0 Å². The predicted molar refractivity (Wildman–Crippen MR) is 116 cm³/mol. The Bertz CT molecular complexity index is 1040. The number of tetrazole rings is 1. The van der Waals surface area contributed by atoms with E-state index >= 15 is 0 Å². The van der Waals surface area contributed by atoms with Crippen molar-refractivity contribution in [2.24, 2.45) is 0 Å². The van der Waals surface area contributed by atoms with Crippen LogP contribution in [0.3, 0.4) is 0 Å². The van der Waals surface area contributed by atoms with Crippen molar-refractivity contribution in [3.8, 4) is 11.5 Å². The molecule has 0 radical (unpaired) electrons. The Balaban J connectivity index is 1.62. The van der Waals surface area contributed by atoms with E-state index in [1.165, 1.54) is 28.9 Å². The van der Waals surface area contributed by atoms with Crippen molar-refractivity contribution >= 4 is 0 Å². The molecule has 0 saturated heterocycles. The molecule has 0 amide bonds. The van der Waals surface area contributed by atoms with Crippen molar-refractivity contribution in [3.63, 3.8) is 0 Å². The summed E-state index contributed by atoms with van der Waals surface area (Å²) in [4.78, 5) is 1.43. The smallest absolute Gasteiger partial charge is 0.214 e. The van der Waals surface area contributed by atoms with Crippen molar-refractivity contribution in [3.05, 3.63) is 65.0 Å². The van der Waals surface area contributed by atoms with Crippen LogP contribution in [-0.4, -0.2) is 41.0 Å². The molecule has 0 bridgehead atoms. The third-order valence-corrected chi connectivity index (χ3v) is 6.85. The van der Waals surface area contributed by atoms with Crippen LogP contribution in [-0.2, 0) is 13.0 Å². The van der Waals surface area contributed by atoms with Gasteiger partial charge in [0, 0.05) is 12.0 Å². The number of aromatic nitrogens is 4.